The summed E-state index contributed by atoms with van der Waals surface area (Å²) in [6.45, 7) is 2.05. The van der Waals surface area contributed by atoms with Gasteiger partial charge in [0.2, 0.25) is 5.91 Å². The Balaban J connectivity index is 1.56. The van der Waals surface area contributed by atoms with E-state index in [1.165, 1.54) is 11.1 Å². The van der Waals surface area contributed by atoms with Crippen LogP contribution in [0.4, 0.5) is 0 Å². The van der Waals surface area contributed by atoms with Gasteiger partial charge in [0.15, 0.2) is 0 Å². The van der Waals surface area contributed by atoms with Crippen LogP contribution in [0.25, 0.3) is 0 Å². The summed E-state index contributed by atoms with van der Waals surface area (Å²) in [5.41, 5.74) is 3.62. The Labute approximate surface area is 154 Å². The van der Waals surface area contributed by atoms with Crippen molar-refractivity contribution in [1.29, 1.82) is 0 Å². The molecule has 0 radical (unpaired) electrons. The molecule has 1 aliphatic rings. The third-order valence-corrected chi connectivity index (χ3v) is 5.35. The third-order valence-electron chi connectivity index (χ3n) is 5.35. The van der Waals surface area contributed by atoms with Crippen LogP contribution in [0.1, 0.15) is 41.5 Å². The van der Waals surface area contributed by atoms with Gasteiger partial charge in [0.25, 0.3) is 0 Å². The van der Waals surface area contributed by atoms with Gasteiger partial charge in [-0.2, -0.15) is 0 Å². The van der Waals surface area contributed by atoms with E-state index in [2.05, 4.69) is 66.0 Å². The highest BCUT2D eigenvalue weighted by Crippen LogP contribution is 2.60. The average molecular weight is 341 g/mol. The van der Waals surface area contributed by atoms with E-state index >= 15 is 0 Å². The number of hydrogen-bond donors (Lipinski definition) is 1. The molecule has 130 valence electrons. The Kier molecular flexibility index (Phi) is 4.57. The van der Waals surface area contributed by atoms with E-state index in [4.69, 9.17) is 0 Å². The summed E-state index contributed by atoms with van der Waals surface area (Å²) in [5, 5.41) is 3.22. The van der Waals surface area contributed by atoms with Crippen LogP contribution in [0.15, 0.2) is 91.0 Å². The standard InChI is InChI=1S/C24H23NO/c1-17(18-11-5-2-6-12-18)25-24(26)23-21(19-13-7-3-8-14-19)22(23)20-15-9-4-10-16-20/h2-17,21-23H,1H3,(H,25,26)/t17-,21-,22-/m0/s1. The lowest BCUT2D eigenvalue weighted by Crippen LogP contribution is -2.28. The van der Waals surface area contributed by atoms with Crippen molar-refractivity contribution in [1.82, 2.24) is 5.32 Å². The van der Waals surface area contributed by atoms with Gasteiger partial charge in [0.1, 0.15) is 0 Å². The van der Waals surface area contributed by atoms with E-state index in [1.807, 2.05) is 37.3 Å². The maximum Gasteiger partial charge on any atom is 0.224 e. The molecular formula is C24H23NO. The van der Waals surface area contributed by atoms with Gasteiger partial charge in [0, 0.05) is 11.8 Å². The Hall–Kier alpha value is -2.87. The Morgan fingerprint density at radius 3 is 1.62 bits per heavy atom. The molecule has 0 spiro atoms. The zero-order valence-electron chi connectivity index (χ0n) is 14.9. The summed E-state index contributed by atoms with van der Waals surface area (Å²) in [4.78, 5) is 13.0. The van der Waals surface area contributed by atoms with E-state index in [0.717, 1.165) is 5.56 Å². The van der Waals surface area contributed by atoms with Gasteiger partial charge in [-0.25, -0.2) is 0 Å². The van der Waals surface area contributed by atoms with Gasteiger partial charge in [0.05, 0.1) is 12.0 Å². The molecule has 26 heavy (non-hydrogen) atoms. The van der Waals surface area contributed by atoms with E-state index in [0.29, 0.717) is 0 Å². The number of rotatable bonds is 5. The second-order valence-corrected chi connectivity index (χ2v) is 7.04. The van der Waals surface area contributed by atoms with Gasteiger partial charge in [-0.05, 0) is 23.6 Å². The first-order chi connectivity index (χ1) is 12.8. The fourth-order valence-corrected chi connectivity index (χ4v) is 3.95. The largest absolute Gasteiger partial charge is 0.349 e. The van der Waals surface area contributed by atoms with E-state index in [-0.39, 0.29) is 29.7 Å². The molecule has 0 aromatic heterocycles. The molecule has 0 saturated heterocycles. The van der Waals surface area contributed by atoms with Crippen LogP contribution in [0.2, 0.25) is 0 Å². The normalized spacial score (nSPS) is 22.4. The summed E-state index contributed by atoms with van der Waals surface area (Å²) >= 11 is 0. The summed E-state index contributed by atoms with van der Waals surface area (Å²) in [5.74, 6) is 0.637. The van der Waals surface area contributed by atoms with E-state index < -0.39 is 0 Å². The Morgan fingerprint density at radius 1 is 0.731 bits per heavy atom. The maximum atomic E-state index is 13.0. The Bertz CT molecular complexity index is 815. The van der Waals surface area contributed by atoms with E-state index in [9.17, 15) is 4.79 Å². The first kappa shape index (κ1) is 16.6. The second-order valence-electron chi connectivity index (χ2n) is 7.04. The number of hydrogen-bond acceptors (Lipinski definition) is 1. The summed E-state index contributed by atoms with van der Waals surface area (Å²) < 4.78 is 0. The SMILES string of the molecule is C[C@H](NC(=O)C1[C@@H](c2ccccc2)[C@@H]1c1ccccc1)c1ccccc1. The minimum atomic E-state index is -0.00837. The lowest BCUT2D eigenvalue weighted by atomic mass is 10.0. The van der Waals surface area contributed by atoms with E-state index in [1.54, 1.807) is 0 Å². The number of carbonyl (C=O) groups is 1. The van der Waals surface area contributed by atoms with Crippen molar-refractivity contribution in [2.24, 2.45) is 5.92 Å². The van der Waals surface area contributed by atoms with Crippen LogP contribution in [0.5, 0.6) is 0 Å². The first-order valence-electron chi connectivity index (χ1n) is 9.21. The van der Waals surface area contributed by atoms with Gasteiger partial charge >= 0.3 is 0 Å². The van der Waals surface area contributed by atoms with Crippen molar-refractivity contribution in [3.63, 3.8) is 0 Å². The highest BCUT2D eigenvalue weighted by atomic mass is 16.2. The van der Waals surface area contributed by atoms with Crippen molar-refractivity contribution < 1.29 is 4.79 Å². The minimum Gasteiger partial charge on any atom is -0.349 e. The lowest BCUT2D eigenvalue weighted by Gasteiger charge is -2.14. The highest BCUT2D eigenvalue weighted by Gasteiger charge is 2.56. The van der Waals surface area contributed by atoms with Crippen molar-refractivity contribution in [2.75, 3.05) is 0 Å². The second kappa shape index (κ2) is 7.17. The molecule has 1 saturated carbocycles. The zero-order chi connectivity index (χ0) is 17.9. The number of benzene rings is 3. The van der Waals surface area contributed by atoms with Crippen LogP contribution in [-0.4, -0.2) is 5.91 Å². The van der Waals surface area contributed by atoms with Crippen molar-refractivity contribution in [2.45, 2.75) is 24.8 Å². The molecule has 4 rings (SSSR count). The van der Waals surface area contributed by atoms with Crippen LogP contribution in [0.3, 0.4) is 0 Å². The number of nitrogens with one attached hydrogen (secondary N) is 1. The van der Waals surface area contributed by atoms with Crippen LogP contribution in [-0.2, 0) is 4.79 Å². The summed E-state index contributed by atoms with van der Waals surface area (Å²) in [6.07, 6.45) is 0. The van der Waals surface area contributed by atoms with Gasteiger partial charge in [-0.3, -0.25) is 4.79 Å². The predicted molar refractivity (Wildman–Crippen MR) is 105 cm³/mol. The van der Waals surface area contributed by atoms with Crippen LogP contribution >= 0.6 is 0 Å². The van der Waals surface area contributed by atoms with Crippen LogP contribution < -0.4 is 5.32 Å². The molecule has 3 aromatic rings. The van der Waals surface area contributed by atoms with Crippen molar-refractivity contribution >= 4 is 5.91 Å². The van der Waals surface area contributed by atoms with Crippen LogP contribution in [0, 0.1) is 5.92 Å². The predicted octanol–water partition coefficient (Wildman–Crippen LogP) is 5.06. The van der Waals surface area contributed by atoms with Gasteiger partial charge in [-0.1, -0.05) is 91.0 Å². The quantitative estimate of drug-likeness (QED) is 0.690. The molecule has 3 aromatic carbocycles. The molecule has 0 heterocycles. The average Bonchev–Trinajstić information content (AvgIpc) is 3.46. The summed E-state index contributed by atoms with van der Waals surface area (Å²) in [6, 6.07) is 30.9. The molecule has 1 fully saturated rings. The van der Waals surface area contributed by atoms with Gasteiger partial charge < -0.3 is 5.32 Å². The number of carbonyl (C=O) groups excluding carboxylic acids is 1. The highest BCUT2D eigenvalue weighted by molar-refractivity contribution is 5.85. The van der Waals surface area contributed by atoms with Crippen molar-refractivity contribution in [3.05, 3.63) is 108 Å². The molecule has 2 nitrogen and oxygen atoms in total. The Morgan fingerprint density at radius 2 is 1.15 bits per heavy atom. The van der Waals surface area contributed by atoms with Crippen molar-refractivity contribution in [3.8, 4) is 0 Å². The maximum absolute atomic E-state index is 13.0. The molecule has 0 bridgehead atoms. The topological polar surface area (TPSA) is 29.1 Å². The third kappa shape index (κ3) is 3.28. The number of amides is 1. The first-order valence-corrected chi connectivity index (χ1v) is 9.21. The molecule has 2 heteroatoms. The molecule has 1 amide bonds. The fraction of sp³-hybridized carbons (Fsp3) is 0.208. The molecule has 1 N–H and O–H groups in total. The molecule has 0 aliphatic heterocycles. The summed E-state index contributed by atoms with van der Waals surface area (Å²) in [7, 11) is 0. The monoisotopic (exact) mass is 341 g/mol. The van der Waals surface area contributed by atoms with Gasteiger partial charge in [-0.15, -0.1) is 0 Å². The molecular weight excluding hydrogens is 318 g/mol. The molecule has 3 atom stereocenters. The lowest BCUT2D eigenvalue weighted by molar-refractivity contribution is -0.123. The smallest absolute Gasteiger partial charge is 0.224 e. The minimum absolute atomic E-state index is 0.00837. The fourth-order valence-electron chi connectivity index (χ4n) is 3.95. The molecule has 0 unspecified atom stereocenters. The zero-order valence-corrected chi connectivity index (χ0v) is 14.9. The molecule has 1 aliphatic carbocycles.